The third kappa shape index (κ3) is 341. The van der Waals surface area contributed by atoms with E-state index < -0.39 is 27.2 Å². The predicted molar refractivity (Wildman–Crippen MR) is 56.9 cm³/mol. The van der Waals surface area contributed by atoms with Gasteiger partial charge in [-0.15, -0.1) is 27.2 Å². The summed E-state index contributed by atoms with van der Waals surface area (Å²) >= 11 is 9.73. The molecule has 0 saturated carbocycles. The van der Waals surface area contributed by atoms with Crippen LogP contribution >= 0.6 is 0 Å². The molecule has 0 aromatic carbocycles. The molecule has 0 aliphatic heterocycles. The first-order chi connectivity index (χ1) is 6.00. The molecule has 9 nitrogen and oxygen atoms in total. The van der Waals surface area contributed by atoms with Crippen LogP contribution in [0.5, 0.6) is 0 Å². The Labute approximate surface area is 221 Å². The molecule has 0 fully saturated rings. The molecule has 18 heteroatoms. The number of hydrogen-bond acceptors (Lipinski definition) is 12. The van der Waals surface area contributed by atoms with Crippen molar-refractivity contribution in [1.82, 2.24) is 0 Å². The second-order valence-electron chi connectivity index (χ2n) is 1.22. The molecule has 0 bridgehead atoms. The molecule has 0 amide bonds. The smallest absolute Gasteiger partial charge is 0.780 e. The van der Waals surface area contributed by atoms with E-state index in [1.807, 2.05) is 0 Å². The van der Waals surface area contributed by atoms with Gasteiger partial charge in [-0.3, -0.25) is 12.6 Å². The second kappa shape index (κ2) is 18.3. The normalized spacial score (nSPS) is 9.67. The molecule has 0 atom stereocenters. The van der Waals surface area contributed by atoms with Gasteiger partial charge in [0.05, 0.1) is 0 Å². The maximum atomic E-state index is 8.89. The van der Waals surface area contributed by atoms with E-state index in [-0.39, 0.29) is 127 Å². The summed E-state index contributed by atoms with van der Waals surface area (Å²) in [6.45, 7) is 0. The van der Waals surface area contributed by atoms with Crippen molar-refractivity contribution in [1.29, 1.82) is 0 Å². The molecular weight excluding hydrogens is 533 g/mol. The first kappa shape index (κ1) is 38.5. The Kier molecular flexibility index (Phi) is 39.1. The van der Waals surface area contributed by atoms with E-state index >= 15 is 0 Å². The van der Waals surface area contributed by atoms with Crippen LogP contribution in [-0.2, 0) is 60.7 Å². The molecule has 0 rings (SSSR count). The summed E-state index contributed by atoms with van der Waals surface area (Å²) in [5.41, 5.74) is 0. The van der Waals surface area contributed by atoms with Crippen LogP contribution < -0.4 is 103 Å². The monoisotopic (exact) mass is 534 g/mol. The van der Waals surface area contributed by atoms with Gasteiger partial charge in [0.1, 0.15) is 0 Å². The van der Waals surface area contributed by atoms with Crippen molar-refractivity contribution in [2.45, 2.75) is 0 Å². The van der Waals surface area contributed by atoms with Crippen LogP contribution in [0.1, 0.15) is 0 Å². The van der Waals surface area contributed by atoms with E-state index in [9.17, 15) is 0 Å². The van der Waals surface area contributed by atoms with E-state index in [1.54, 1.807) is 0 Å². The van der Waals surface area contributed by atoms with Gasteiger partial charge in [-0.2, -0.15) is 0 Å². The Morgan fingerprint density at radius 2 is 0.556 bits per heavy atom. The van der Waals surface area contributed by atoms with Gasteiger partial charge in [-0.25, -0.2) is 0 Å². The molecule has 0 aliphatic carbocycles. The van der Waals surface area contributed by atoms with Crippen molar-refractivity contribution < 1.29 is 143 Å². The summed E-state index contributed by atoms with van der Waals surface area (Å²) in [4.78, 5) is 0. The topological polar surface area (TPSA) is 190 Å². The van der Waals surface area contributed by atoms with Crippen LogP contribution in [0.2, 0.25) is 0 Å². The fourth-order valence-corrected chi connectivity index (χ4v) is 0. The standard InChI is InChI=1S/2K.3H2O3S2.Sn/c;;3*1-5(2,3)4;/h;;3*(H2,1,2,3,4);/q2*+1;;;;+4/p-6. The molecule has 0 saturated heterocycles. The average Bonchev–Trinajstić information content (AvgIpc) is 1.41. The first-order valence-corrected chi connectivity index (χ1v) is 9.00. The van der Waals surface area contributed by atoms with Gasteiger partial charge in [0.15, 0.2) is 0 Å². The minimum atomic E-state index is -4.33. The number of rotatable bonds is 0. The molecule has 0 unspecified atom stereocenters. The van der Waals surface area contributed by atoms with Crippen LogP contribution in [0, 0.1) is 0 Å². The predicted octanol–water partition coefficient (Wildman–Crippen LogP) is -9.39. The van der Waals surface area contributed by atoms with Crippen LogP contribution in [0.3, 0.4) is 0 Å². The van der Waals surface area contributed by atoms with Gasteiger partial charge in [0, 0.05) is 0 Å². The van der Waals surface area contributed by atoms with Crippen LogP contribution in [0.4, 0.5) is 0 Å². The van der Waals surface area contributed by atoms with Crippen molar-refractivity contribution in [2.24, 2.45) is 0 Å². The van der Waals surface area contributed by atoms with Gasteiger partial charge >= 0.3 is 127 Å². The second-order valence-corrected chi connectivity index (χ2v) is 7.35. The molecule has 0 N–H and O–H groups in total. The summed E-state index contributed by atoms with van der Waals surface area (Å²) in [5, 5.41) is 0. The van der Waals surface area contributed by atoms with Crippen LogP contribution in [0.15, 0.2) is 0 Å². The summed E-state index contributed by atoms with van der Waals surface area (Å²) in [6, 6.07) is 0. The van der Waals surface area contributed by atoms with Crippen LogP contribution in [-0.4, -0.2) is 63.9 Å². The van der Waals surface area contributed by atoms with E-state index in [4.69, 9.17) is 39.9 Å². The van der Waals surface area contributed by atoms with E-state index in [1.165, 1.54) is 0 Å². The zero-order valence-corrected chi connectivity index (χ0v) is 22.6. The Hall–Kier alpha value is 4.94. The molecule has 0 spiro atoms. The summed E-state index contributed by atoms with van der Waals surface area (Å²) in [6.07, 6.45) is 0. The summed E-state index contributed by atoms with van der Waals surface area (Å²) in [5.74, 6) is 0. The maximum Gasteiger partial charge on any atom is 4.00 e. The molecule has 18 heavy (non-hydrogen) atoms. The summed E-state index contributed by atoms with van der Waals surface area (Å²) < 4.78 is 80.0. The average molecular weight is 533 g/mol. The van der Waals surface area contributed by atoms with Gasteiger partial charge < -0.3 is 27.3 Å². The third-order valence-corrected chi connectivity index (χ3v) is 0. The van der Waals surface area contributed by atoms with Gasteiger partial charge in [0.2, 0.25) is 0 Å². The molecule has 0 aromatic heterocycles. The number of hydrogen-bond donors (Lipinski definition) is 0. The minimum Gasteiger partial charge on any atom is -0.780 e. The maximum absolute atomic E-state index is 8.89. The zero-order chi connectivity index (χ0) is 13.5. The largest absolute Gasteiger partial charge is 4.00 e. The molecule has 0 radical (unpaired) electrons. The summed E-state index contributed by atoms with van der Waals surface area (Å²) in [7, 11) is -13.0. The zero-order valence-electron chi connectivity index (χ0n) is 8.62. The van der Waals surface area contributed by atoms with Gasteiger partial charge in [-0.1, -0.05) is 0 Å². The van der Waals surface area contributed by atoms with E-state index in [0.717, 1.165) is 0 Å². The van der Waals surface area contributed by atoms with E-state index in [0.29, 0.717) is 0 Å². The van der Waals surface area contributed by atoms with Gasteiger partial charge in [0.25, 0.3) is 0 Å². The van der Waals surface area contributed by atoms with Crippen LogP contribution in [0.25, 0.3) is 0 Å². The Bertz CT molecular complexity index is 350. The fourth-order valence-electron chi connectivity index (χ4n) is 0. The Morgan fingerprint density at radius 3 is 0.556 bits per heavy atom. The molecule has 0 heterocycles. The Morgan fingerprint density at radius 1 is 0.556 bits per heavy atom. The third-order valence-electron chi connectivity index (χ3n) is 0. The fraction of sp³-hybridized carbons (Fsp3) is 0. The van der Waals surface area contributed by atoms with Crippen molar-refractivity contribution in [3.63, 3.8) is 0 Å². The van der Waals surface area contributed by atoms with Crippen molar-refractivity contribution >= 4 is 84.6 Å². The minimum absolute atomic E-state index is 0. The first-order valence-electron chi connectivity index (χ1n) is 2.00. The SMILES string of the molecule is O=S([O-])([O-])=S.O=S([O-])([O-])=S.O=S([O-])([O-])=S.[K+].[K+].[Sn+4]. The quantitative estimate of drug-likeness (QED) is 0.268. The molecule has 96 valence electrons. The molecular formula is K2O9S6Sn. The molecule has 0 aliphatic rings. The van der Waals surface area contributed by atoms with Gasteiger partial charge in [-0.05, 0) is 33.6 Å². The van der Waals surface area contributed by atoms with Crippen molar-refractivity contribution in [3.8, 4) is 0 Å². The molecule has 0 aromatic rings. The van der Waals surface area contributed by atoms with E-state index in [2.05, 4.69) is 33.6 Å². The Balaban J connectivity index is -0.0000000277. The van der Waals surface area contributed by atoms with Crippen molar-refractivity contribution in [2.75, 3.05) is 0 Å². The van der Waals surface area contributed by atoms with Crippen molar-refractivity contribution in [3.05, 3.63) is 0 Å².